The molecular weight excluding hydrogens is 285 g/mol. The first kappa shape index (κ1) is 17.3. The fourth-order valence-corrected chi connectivity index (χ4v) is 1.89. The number of halogens is 3. The summed E-state index contributed by atoms with van der Waals surface area (Å²) in [6.45, 7) is 3.60. The van der Waals surface area contributed by atoms with E-state index in [0.29, 0.717) is 16.8 Å². The van der Waals surface area contributed by atoms with Crippen molar-refractivity contribution in [3.8, 4) is 5.75 Å². The van der Waals surface area contributed by atoms with E-state index in [0.717, 1.165) is 4.90 Å². The van der Waals surface area contributed by atoms with Gasteiger partial charge in [-0.05, 0) is 51.1 Å². The number of amides is 1. The zero-order valence-electron chi connectivity index (χ0n) is 12.4. The van der Waals surface area contributed by atoms with E-state index in [9.17, 15) is 23.1 Å². The van der Waals surface area contributed by atoms with Gasteiger partial charge in [0.2, 0.25) is 5.91 Å². The summed E-state index contributed by atoms with van der Waals surface area (Å²) in [5, 5.41) is 12.2. The highest BCUT2D eigenvalue weighted by Gasteiger charge is 2.32. The Kier molecular flexibility index (Phi) is 5.22. The maximum Gasteiger partial charge on any atom is 0.401 e. The first-order valence-electron chi connectivity index (χ1n) is 6.39. The average molecular weight is 304 g/mol. The number of likely N-dealkylation sites (N-methyl/N-ethyl adjacent to an activating group) is 1. The van der Waals surface area contributed by atoms with E-state index < -0.39 is 24.7 Å². The molecule has 1 aromatic rings. The number of aromatic hydroxyl groups is 1. The summed E-state index contributed by atoms with van der Waals surface area (Å²) in [5.41, 5.74) is 1.61. The van der Waals surface area contributed by atoms with Gasteiger partial charge in [-0.15, -0.1) is 0 Å². The van der Waals surface area contributed by atoms with Gasteiger partial charge in [0.1, 0.15) is 5.75 Å². The Morgan fingerprint density at radius 3 is 2.24 bits per heavy atom. The lowest BCUT2D eigenvalue weighted by Crippen LogP contribution is -2.44. The number of carbonyl (C=O) groups excluding carboxylic acids is 1. The molecule has 1 amide bonds. The van der Waals surface area contributed by atoms with E-state index in [4.69, 9.17) is 0 Å². The third-order valence-electron chi connectivity index (χ3n) is 3.23. The molecule has 0 aliphatic heterocycles. The predicted molar refractivity (Wildman–Crippen MR) is 74.4 cm³/mol. The molecule has 21 heavy (non-hydrogen) atoms. The summed E-state index contributed by atoms with van der Waals surface area (Å²) in [7, 11) is 1.24. The molecule has 0 aromatic heterocycles. The summed E-state index contributed by atoms with van der Waals surface area (Å²) in [4.78, 5) is 12.9. The van der Waals surface area contributed by atoms with Crippen LogP contribution in [0.4, 0.5) is 18.9 Å². The second-order valence-corrected chi connectivity index (χ2v) is 5.15. The lowest BCUT2D eigenvalue weighted by atomic mass is 10.1. The Hall–Kier alpha value is -1.76. The molecule has 0 bridgehead atoms. The Labute approximate surface area is 121 Å². The maximum absolute atomic E-state index is 12.3. The number of carbonyl (C=O) groups is 1. The molecule has 118 valence electrons. The molecule has 0 heterocycles. The van der Waals surface area contributed by atoms with Crippen LogP contribution in [0.5, 0.6) is 5.75 Å². The van der Waals surface area contributed by atoms with Crippen molar-refractivity contribution in [2.75, 3.05) is 18.9 Å². The van der Waals surface area contributed by atoms with Gasteiger partial charge in [0.15, 0.2) is 0 Å². The predicted octanol–water partition coefficient (Wildman–Crippen LogP) is 2.83. The summed E-state index contributed by atoms with van der Waals surface area (Å²) >= 11 is 0. The van der Waals surface area contributed by atoms with Gasteiger partial charge in [0.05, 0.1) is 12.6 Å². The molecule has 0 saturated heterocycles. The number of phenols is 1. The first-order valence-corrected chi connectivity index (χ1v) is 6.39. The molecule has 0 aliphatic carbocycles. The summed E-state index contributed by atoms with van der Waals surface area (Å²) in [6.07, 6.45) is -4.35. The van der Waals surface area contributed by atoms with Gasteiger partial charge in [0, 0.05) is 5.69 Å². The van der Waals surface area contributed by atoms with E-state index in [1.54, 1.807) is 26.0 Å². The van der Waals surface area contributed by atoms with Gasteiger partial charge in [-0.1, -0.05) is 0 Å². The van der Waals surface area contributed by atoms with Crippen LogP contribution >= 0.6 is 0 Å². The molecule has 0 unspecified atom stereocenters. The number of nitrogens with one attached hydrogen (secondary N) is 1. The van der Waals surface area contributed by atoms with Crippen LogP contribution in [0.2, 0.25) is 0 Å². The Balaban J connectivity index is 2.77. The standard InChI is InChI=1S/C14H19F3N2O2/c1-8-5-11(6-9(2)12(8)20)18-13(21)10(3)19(4)7-14(15,16)17/h5-6,10,20H,7H2,1-4H3,(H,18,21)/t10-/m0/s1. The monoisotopic (exact) mass is 304 g/mol. The van der Waals surface area contributed by atoms with Crippen LogP contribution in [-0.4, -0.2) is 41.7 Å². The number of alkyl halides is 3. The molecule has 0 radical (unpaired) electrons. The van der Waals surface area contributed by atoms with Crippen molar-refractivity contribution >= 4 is 11.6 Å². The number of anilines is 1. The molecule has 1 aromatic carbocycles. The Morgan fingerprint density at radius 1 is 1.33 bits per heavy atom. The Morgan fingerprint density at radius 2 is 1.81 bits per heavy atom. The number of benzene rings is 1. The van der Waals surface area contributed by atoms with Crippen LogP contribution in [-0.2, 0) is 4.79 Å². The molecule has 2 N–H and O–H groups in total. The number of nitrogens with zero attached hydrogens (tertiary/aromatic N) is 1. The molecular formula is C14H19F3N2O2. The zero-order valence-corrected chi connectivity index (χ0v) is 12.4. The summed E-state index contributed by atoms with van der Waals surface area (Å²) < 4.78 is 36.9. The lowest BCUT2D eigenvalue weighted by Gasteiger charge is -2.25. The summed E-state index contributed by atoms with van der Waals surface area (Å²) in [5.74, 6) is -0.401. The number of hydrogen-bond acceptors (Lipinski definition) is 3. The van der Waals surface area contributed by atoms with Crippen LogP contribution in [0, 0.1) is 13.8 Å². The zero-order chi connectivity index (χ0) is 16.4. The first-order chi connectivity index (χ1) is 9.51. The fraction of sp³-hybridized carbons (Fsp3) is 0.500. The minimum Gasteiger partial charge on any atom is -0.507 e. The normalized spacial score (nSPS) is 13.3. The molecule has 0 saturated carbocycles. The number of phenolic OH excluding ortho intramolecular Hbond substituents is 1. The second kappa shape index (κ2) is 6.34. The third-order valence-corrected chi connectivity index (χ3v) is 3.23. The van der Waals surface area contributed by atoms with Gasteiger partial charge < -0.3 is 10.4 Å². The van der Waals surface area contributed by atoms with Crippen LogP contribution in [0.1, 0.15) is 18.1 Å². The van der Waals surface area contributed by atoms with Crippen molar-refractivity contribution in [2.45, 2.75) is 33.0 Å². The Bertz CT molecular complexity index is 506. The number of hydrogen-bond donors (Lipinski definition) is 2. The summed E-state index contributed by atoms with van der Waals surface area (Å²) in [6, 6.07) is 2.20. The molecule has 1 rings (SSSR count). The molecule has 0 fully saturated rings. The van der Waals surface area contributed by atoms with E-state index >= 15 is 0 Å². The maximum atomic E-state index is 12.3. The topological polar surface area (TPSA) is 52.6 Å². The fourth-order valence-electron chi connectivity index (χ4n) is 1.89. The highest BCUT2D eigenvalue weighted by molar-refractivity contribution is 5.94. The SMILES string of the molecule is Cc1cc(NC(=O)[C@H](C)N(C)CC(F)(F)F)cc(C)c1O. The molecule has 0 aliphatic rings. The second-order valence-electron chi connectivity index (χ2n) is 5.15. The van der Waals surface area contributed by atoms with Gasteiger partial charge in [0.25, 0.3) is 0 Å². The van der Waals surface area contributed by atoms with Crippen molar-refractivity contribution in [1.82, 2.24) is 4.90 Å². The van der Waals surface area contributed by atoms with Crippen molar-refractivity contribution < 1.29 is 23.1 Å². The van der Waals surface area contributed by atoms with Gasteiger partial charge in [-0.25, -0.2) is 0 Å². The van der Waals surface area contributed by atoms with E-state index in [-0.39, 0.29) is 5.75 Å². The molecule has 7 heteroatoms. The van der Waals surface area contributed by atoms with Crippen molar-refractivity contribution in [2.24, 2.45) is 0 Å². The number of aryl methyl sites for hydroxylation is 2. The minimum atomic E-state index is -4.35. The van der Waals surface area contributed by atoms with Gasteiger partial charge in [-0.2, -0.15) is 13.2 Å². The van der Waals surface area contributed by atoms with Crippen LogP contribution in [0.15, 0.2) is 12.1 Å². The molecule has 0 spiro atoms. The minimum absolute atomic E-state index is 0.134. The van der Waals surface area contributed by atoms with Crippen molar-refractivity contribution in [1.29, 1.82) is 0 Å². The average Bonchev–Trinajstić information content (AvgIpc) is 2.32. The highest BCUT2D eigenvalue weighted by atomic mass is 19.4. The quantitative estimate of drug-likeness (QED) is 0.841. The van der Waals surface area contributed by atoms with E-state index in [1.807, 2.05) is 0 Å². The van der Waals surface area contributed by atoms with Crippen molar-refractivity contribution in [3.05, 3.63) is 23.3 Å². The molecule has 1 atom stereocenters. The van der Waals surface area contributed by atoms with Crippen LogP contribution in [0.25, 0.3) is 0 Å². The highest BCUT2D eigenvalue weighted by Crippen LogP contribution is 2.25. The van der Waals surface area contributed by atoms with E-state index in [2.05, 4.69) is 5.32 Å². The van der Waals surface area contributed by atoms with Crippen LogP contribution < -0.4 is 5.32 Å². The van der Waals surface area contributed by atoms with E-state index in [1.165, 1.54) is 14.0 Å². The number of rotatable bonds is 4. The van der Waals surface area contributed by atoms with Crippen LogP contribution in [0.3, 0.4) is 0 Å². The van der Waals surface area contributed by atoms with Gasteiger partial charge >= 0.3 is 6.18 Å². The van der Waals surface area contributed by atoms with Crippen molar-refractivity contribution in [3.63, 3.8) is 0 Å². The smallest absolute Gasteiger partial charge is 0.401 e. The van der Waals surface area contributed by atoms with Gasteiger partial charge in [-0.3, -0.25) is 9.69 Å². The largest absolute Gasteiger partial charge is 0.507 e. The third kappa shape index (κ3) is 4.93. The molecule has 4 nitrogen and oxygen atoms in total. The lowest BCUT2D eigenvalue weighted by molar-refractivity contribution is -0.149.